The summed E-state index contributed by atoms with van der Waals surface area (Å²) < 4.78 is 27.5. The van der Waals surface area contributed by atoms with Crippen LogP contribution >= 0.6 is 0 Å². The lowest BCUT2D eigenvalue weighted by atomic mass is 9.99. The predicted molar refractivity (Wildman–Crippen MR) is 101 cm³/mol. The molecule has 0 radical (unpaired) electrons. The minimum absolute atomic E-state index is 0.0933. The zero-order chi connectivity index (χ0) is 19.7. The van der Waals surface area contributed by atoms with E-state index in [1.54, 1.807) is 25.1 Å². The van der Waals surface area contributed by atoms with Crippen molar-refractivity contribution in [2.75, 3.05) is 13.1 Å². The van der Waals surface area contributed by atoms with Crippen LogP contribution in [0.2, 0.25) is 0 Å². The Hall–Kier alpha value is -1.93. The molecule has 0 fully saturated rings. The fourth-order valence-electron chi connectivity index (χ4n) is 2.16. The molecule has 0 heterocycles. The summed E-state index contributed by atoms with van der Waals surface area (Å²) >= 11 is 0. The van der Waals surface area contributed by atoms with Crippen LogP contribution in [0.15, 0.2) is 35.2 Å². The van der Waals surface area contributed by atoms with Gasteiger partial charge in [0.25, 0.3) is 0 Å². The van der Waals surface area contributed by atoms with Crippen LogP contribution in [0, 0.1) is 11.8 Å². The Bertz CT molecular complexity index is 690. The van der Waals surface area contributed by atoms with Crippen LogP contribution in [0.3, 0.4) is 0 Å². The van der Waals surface area contributed by atoms with Crippen molar-refractivity contribution in [3.63, 3.8) is 0 Å². The number of benzene rings is 1. The van der Waals surface area contributed by atoms with Gasteiger partial charge in [0.05, 0.1) is 11.4 Å². The van der Waals surface area contributed by atoms with Gasteiger partial charge in [-0.05, 0) is 24.0 Å². The van der Waals surface area contributed by atoms with Crippen LogP contribution in [0.5, 0.6) is 0 Å². The monoisotopic (exact) mass is 383 g/mol. The third-order valence-corrected chi connectivity index (χ3v) is 5.42. The average molecular weight is 384 g/mol. The minimum atomic E-state index is -3.83. The van der Waals surface area contributed by atoms with Crippen LogP contribution < -0.4 is 15.4 Å². The van der Waals surface area contributed by atoms with Gasteiger partial charge in [-0.3, -0.25) is 9.59 Å². The lowest BCUT2D eigenvalue weighted by molar-refractivity contribution is -0.127. The Morgan fingerprint density at radius 2 is 1.65 bits per heavy atom. The maximum Gasteiger partial charge on any atom is 0.241 e. The fraction of sp³-hybridized carbons (Fsp3) is 0.556. The molecule has 0 aromatic heterocycles. The van der Waals surface area contributed by atoms with Gasteiger partial charge in [-0.2, -0.15) is 4.72 Å². The van der Waals surface area contributed by atoms with Crippen LogP contribution in [0.25, 0.3) is 0 Å². The number of amides is 2. The summed E-state index contributed by atoms with van der Waals surface area (Å²) in [6, 6.07) is 6.93. The summed E-state index contributed by atoms with van der Waals surface area (Å²) in [4.78, 5) is 24.3. The molecule has 1 rings (SSSR count). The molecule has 26 heavy (non-hydrogen) atoms. The molecule has 2 atom stereocenters. The molecule has 146 valence electrons. The Balaban J connectivity index is 2.77. The summed E-state index contributed by atoms with van der Waals surface area (Å²) in [5, 5.41) is 5.22. The molecule has 0 aliphatic rings. The summed E-state index contributed by atoms with van der Waals surface area (Å²) in [5.41, 5.74) is 0. The standard InChI is InChI=1S/C18H29N3O4S/c1-5-14(4)17(18(23)20-12-16(22)19-11-13(2)3)21-26(24,25)15-9-7-6-8-10-15/h6-10,13-14,17,21H,5,11-12H2,1-4H3,(H,19,22)(H,20,23). The molecule has 0 saturated heterocycles. The van der Waals surface area contributed by atoms with Gasteiger partial charge in [-0.25, -0.2) is 8.42 Å². The first kappa shape index (κ1) is 22.1. The maximum atomic E-state index is 12.5. The molecular weight excluding hydrogens is 354 g/mol. The number of sulfonamides is 1. The molecule has 0 aliphatic carbocycles. The SMILES string of the molecule is CCC(C)C(NS(=O)(=O)c1ccccc1)C(=O)NCC(=O)NCC(C)C. The first-order valence-corrected chi connectivity index (χ1v) is 10.3. The molecule has 7 nitrogen and oxygen atoms in total. The number of carbonyl (C=O) groups is 2. The van der Waals surface area contributed by atoms with E-state index < -0.39 is 22.0 Å². The van der Waals surface area contributed by atoms with E-state index in [9.17, 15) is 18.0 Å². The van der Waals surface area contributed by atoms with Crippen molar-refractivity contribution in [2.24, 2.45) is 11.8 Å². The van der Waals surface area contributed by atoms with Crippen LogP contribution in [0.4, 0.5) is 0 Å². The number of rotatable bonds is 10. The van der Waals surface area contributed by atoms with E-state index in [4.69, 9.17) is 0 Å². The van der Waals surface area contributed by atoms with Gasteiger partial charge in [-0.15, -0.1) is 0 Å². The third-order valence-electron chi connectivity index (χ3n) is 3.96. The zero-order valence-electron chi connectivity index (χ0n) is 15.8. The Morgan fingerprint density at radius 3 is 2.19 bits per heavy atom. The number of carbonyl (C=O) groups excluding carboxylic acids is 2. The quantitative estimate of drug-likeness (QED) is 0.566. The summed E-state index contributed by atoms with van der Waals surface area (Å²) in [6.45, 7) is 7.93. The molecule has 2 unspecified atom stereocenters. The molecule has 3 N–H and O–H groups in total. The number of nitrogens with one attached hydrogen (secondary N) is 3. The van der Waals surface area contributed by atoms with Crippen molar-refractivity contribution < 1.29 is 18.0 Å². The molecule has 8 heteroatoms. The van der Waals surface area contributed by atoms with Crippen LogP contribution in [-0.4, -0.2) is 39.4 Å². The highest BCUT2D eigenvalue weighted by molar-refractivity contribution is 7.89. The molecule has 0 aliphatic heterocycles. The zero-order valence-corrected chi connectivity index (χ0v) is 16.6. The van der Waals surface area contributed by atoms with E-state index in [-0.39, 0.29) is 23.3 Å². The van der Waals surface area contributed by atoms with Crippen molar-refractivity contribution in [1.82, 2.24) is 15.4 Å². The average Bonchev–Trinajstić information content (AvgIpc) is 2.62. The summed E-state index contributed by atoms with van der Waals surface area (Å²) in [5.74, 6) is -0.744. The van der Waals surface area contributed by atoms with Gasteiger partial charge in [0.15, 0.2) is 0 Å². The van der Waals surface area contributed by atoms with Gasteiger partial charge in [0.1, 0.15) is 6.04 Å². The van der Waals surface area contributed by atoms with E-state index in [0.717, 1.165) is 0 Å². The van der Waals surface area contributed by atoms with Crippen LogP contribution in [0.1, 0.15) is 34.1 Å². The minimum Gasteiger partial charge on any atom is -0.354 e. The third kappa shape index (κ3) is 7.13. The second kappa shape index (κ2) is 10.3. The second-order valence-electron chi connectivity index (χ2n) is 6.71. The Morgan fingerprint density at radius 1 is 1.04 bits per heavy atom. The fourth-order valence-corrected chi connectivity index (χ4v) is 3.48. The Kier molecular flexibility index (Phi) is 8.74. The van der Waals surface area contributed by atoms with Crippen molar-refractivity contribution in [1.29, 1.82) is 0 Å². The van der Waals surface area contributed by atoms with Crippen molar-refractivity contribution in [3.05, 3.63) is 30.3 Å². The molecule has 1 aromatic rings. The van der Waals surface area contributed by atoms with E-state index in [1.807, 2.05) is 20.8 Å². The van der Waals surface area contributed by atoms with E-state index in [2.05, 4.69) is 15.4 Å². The maximum absolute atomic E-state index is 12.5. The molecule has 2 amide bonds. The highest BCUT2D eigenvalue weighted by Gasteiger charge is 2.29. The van der Waals surface area contributed by atoms with Gasteiger partial charge in [0.2, 0.25) is 21.8 Å². The van der Waals surface area contributed by atoms with Crippen molar-refractivity contribution >= 4 is 21.8 Å². The Labute approximate surface area is 156 Å². The smallest absolute Gasteiger partial charge is 0.241 e. The molecule has 0 saturated carbocycles. The van der Waals surface area contributed by atoms with Crippen molar-refractivity contribution in [2.45, 2.75) is 45.1 Å². The van der Waals surface area contributed by atoms with Gasteiger partial charge in [-0.1, -0.05) is 52.3 Å². The topological polar surface area (TPSA) is 104 Å². The van der Waals surface area contributed by atoms with Crippen LogP contribution in [-0.2, 0) is 19.6 Å². The normalized spacial score (nSPS) is 13.9. The second-order valence-corrected chi connectivity index (χ2v) is 8.43. The lowest BCUT2D eigenvalue weighted by Crippen LogP contribution is -2.51. The molecule has 0 bridgehead atoms. The lowest BCUT2D eigenvalue weighted by Gasteiger charge is -2.23. The molecule has 0 spiro atoms. The highest BCUT2D eigenvalue weighted by Crippen LogP contribution is 2.13. The van der Waals surface area contributed by atoms with E-state index in [1.165, 1.54) is 12.1 Å². The molecular formula is C18H29N3O4S. The first-order chi connectivity index (χ1) is 12.2. The predicted octanol–water partition coefficient (Wildman–Crippen LogP) is 1.27. The molecule has 1 aromatic carbocycles. The summed E-state index contributed by atoms with van der Waals surface area (Å²) in [7, 11) is -3.83. The van der Waals surface area contributed by atoms with Gasteiger partial charge in [0, 0.05) is 6.54 Å². The first-order valence-electron chi connectivity index (χ1n) is 8.79. The van der Waals surface area contributed by atoms with E-state index >= 15 is 0 Å². The largest absolute Gasteiger partial charge is 0.354 e. The van der Waals surface area contributed by atoms with Gasteiger partial charge < -0.3 is 10.6 Å². The number of hydrogen-bond acceptors (Lipinski definition) is 4. The summed E-state index contributed by atoms with van der Waals surface area (Å²) in [6.07, 6.45) is 0.606. The van der Waals surface area contributed by atoms with Gasteiger partial charge >= 0.3 is 0 Å². The van der Waals surface area contributed by atoms with Crippen molar-refractivity contribution in [3.8, 4) is 0 Å². The number of hydrogen-bond donors (Lipinski definition) is 3. The highest BCUT2D eigenvalue weighted by atomic mass is 32.2. The van der Waals surface area contributed by atoms with E-state index in [0.29, 0.717) is 18.9 Å².